The van der Waals surface area contributed by atoms with Crippen molar-refractivity contribution in [2.24, 2.45) is 0 Å². The Morgan fingerprint density at radius 1 is 1.08 bits per heavy atom. The predicted octanol–water partition coefficient (Wildman–Crippen LogP) is 4.85. The Morgan fingerprint density at radius 2 is 1.77 bits per heavy atom. The third-order valence-corrected chi connectivity index (χ3v) is 5.13. The normalized spacial score (nSPS) is 11.5. The molecule has 2 aromatic carbocycles. The summed E-state index contributed by atoms with van der Waals surface area (Å²) in [5.41, 5.74) is 3.81. The molecule has 3 rings (SSSR count). The van der Waals surface area contributed by atoms with Crippen LogP contribution in [0, 0.1) is 18.3 Å². The average molecular weight is 360 g/mol. The van der Waals surface area contributed by atoms with Crippen molar-refractivity contribution in [2.75, 3.05) is 0 Å². The minimum Gasteiger partial charge on any atom is -0.480 e. The van der Waals surface area contributed by atoms with Crippen molar-refractivity contribution in [1.29, 1.82) is 5.26 Å². The van der Waals surface area contributed by atoms with Crippen LogP contribution in [-0.2, 0) is 4.79 Å². The molecule has 128 valence electrons. The Labute approximate surface area is 156 Å². The van der Waals surface area contributed by atoms with Crippen LogP contribution in [0.15, 0.2) is 71.8 Å². The highest BCUT2D eigenvalue weighted by Crippen LogP contribution is 2.37. The number of carbonyl (C=O) groups is 1. The molecular formula is C21H16N2O2S. The van der Waals surface area contributed by atoms with Crippen LogP contribution in [-0.4, -0.2) is 16.1 Å². The number of hydrogen-bond acceptors (Lipinski definition) is 4. The fourth-order valence-electron chi connectivity index (χ4n) is 2.50. The highest BCUT2D eigenvalue weighted by molar-refractivity contribution is 8.00. The van der Waals surface area contributed by atoms with Crippen molar-refractivity contribution >= 4 is 17.7 Å². The molecule has 1 heterocycles. The maximum Gasteiger partial charge on any atom is 0.321 e. The van der Waals surface area contributed by atoms with E-state index in [0.717, 1.165) is 22.9 Å². The van der Waals surface area contributed by atoms with Gasteiger partial charge >= 0.3 is 5.97 Å². The van der Waals surface area contributed by atoms with E-state index in [1.54, 1.807) is 36.4 Å². The van der Waals surface area contributed by atoms with Crippen LogP contribution in [0.4, 0.5) is 0 Å². The molecule has 0 aliphatic carbocycles. The van der Waals surface area contributed by atoms with Gasteiger partial charge in [-0.15, -0.1) is 0 Å². The molecule has 0 bridgehead atoms. The lowest BCUT2D eigenvalue weighted by molar-refractivity contribution is -0.136. The predicted molar refractivity (Wildman–Crippen MR) is 102 cm³/mol. The van der Waals surface area contributed by atoms with Crippen molar-refractivity contribution in [3.8, 4) is 17.3 Å². The molecule has 4 nitrogen and oxygen atoms in total. The van der Waals surface area contributed by atoms with Crippen LogP contribution in [0.3, 0.4) is 0 Å². The summed E-state index contributed by atoms with van der Waals surface area (Å²) in [6.45, 7) is 2.01. The van der Waals surface area contributed by atoms with Gasteiger partial charge in [-0.25, -0.2) is 4.98 Å². The van der Waals surface area contributed by atoms with E-state index >= 15 is 0 Å². The number of aromatic nitrogens is 1. The maximum absolute atomic E-state index is 11.8. The molecule has 3 aromatic rings. The molecule has 0 spiro atoms. The molecule has 1 unspecified atom stereocenters. The lowest BCUT2D eigenvalue weighted by Gasteiger charge is -2.13. The van der Waals surface area contributed by atoms with Crippen LogP contribution in [0.2, 0.25) is 0 Å². The number of thioether (sulfide) groups is 1. The second-order valence-electron chi connectivity index (χ2n) is 5.77. The van der Waals surface area contributed by atoms with Crippen LogP contribution in [0.5, 0.6) is 0 Å². The van der Waals surface area contributed by atoms with Gasteiger partial charge in [-0.2, -0.15) is 5.26 Å². The van der Waals surface area contributed by atoms with Gasteiger partial charge in [0.25, 0.3) is 0 Å². The smallest absolute Gasteiger partial charge is 0.321 e. The highest BCUT2D eigenvalue weighted by Gasteiger charge is 2.23. The molecule has 0 radical (unpaired) electrons. The topological polar surface area (TPSA) is 74.0 Å². The maximum atomic E-state index is 11.8. The van der Waals surface area contributed by atoms with E-state index in [2.05, 4.69) is 11.1 Å². The van der Waals surface area contributed by atoms with E-state index in [1.807, 2.05) is 37.3 Å². The van der Waals surface area contributed by atoms with Crippen LogP contribution in [0.25, 0.3) is 11.3 Å². The fraction of sp³-hybridized carbons (Fsp3) is 0.0952. The van der Waals surface area contributed by atoms with E-state index in [9.17, 15) is 15.2 Å². The van der Waals surface area contributed by atoms with Crippen LogP contribution in [0.1, 0.15) is 21.9 Å². The zero-order chi connectivity index (χ0) is 18.5. The second kappa shape index (κ2) is 7.85. The highest BCUT2D eigenvalue weighted by atomic mass is 32.2. The molecule has 5 heteroatoms. The monoisotopic (exact) mass is 360 g/mol. The lowest BCUT2D eigenvalue weighted by atomic mass is 10.1. The Morgan fingerprint density at radius 3 is 2.38 bits per heavy atom. The molecule has 0 saturated carbocycles. The minimum atomic E-state index is -0.965. The van der Waals surface area contributed by atoms with E-state index < -0.39 is 11.2 Å². The summed E-state index contributed by atoms with van der Waals surface area (Å²) in [7, 11) is 0. The molecular weight excluding hydrogens is 344 g/mol. The first-order chi connectivity index (χ1) is 12.6. The average Bonchev–Trinajstić information content (AvgIpc) is 2.67. The molecule has 1 N–H and O–H groups in total. The molecule has 0 aliphatic rings. The zero-order valence-corrected chi connectivity index (χ0v) is 14.9. The summed E-state index contributed by atoms with van der Waals surface area (Å²) in [5.74, 6) is -0.965. The number of hydrogen-bond donors (Lipinski definition) is 1. The summed E-state index contributed by atoms with van der Waals surface area (Å²) < 4.78 is 0. The van der Waals surface area contributed by atoms with Crippen molar-refractivity contribution in [3.05, 3.63) is 83.4 Å². The number of pyridine rings is 1. The van der Waals surface area contributed by atoms with Gasteiger partial charge in [-0.1, -0.05) is 71.9 Å². The number of carboxylic acids is 1. The van der Waals surface area contributed by atoms with E-state index in [-0.39, 0.29) is 0 Å². The van der Waals surface area contributed by atoms with Crippen molar-refractivity contribution in [2.45, 2.75) is 17.2 Å². The standard InChI is InChI=1S/C21H16N2O2S/c1-14-7-9-15(10-8-14)18-12-11-17(13-22)20(23-18)26-19(21(24)25)16-5-3-2-4-6-16/h2-12,19H,1H3,(H,24,25). The first-order valence-electron chi connectivity index (χ1n) is 8.01. The number of nitriles is 1. The zero-order valence-electron chi connectivity index (χ0n) is 14.1. The van der Waals surface area contributed by atoms with Gasteiger partial charge in [0.15, 0.2) is 0 Å². The largest absolute Gasteiger partial charge is 0.480 e. The summed E-state index contributed by atoms with van der Waals surface area (Å²) in [4.78, 5) is 16.3. The van der Waals surface area contributed by atoms with E-state index in [0.29, 0.717) is 21.8 Å². The Hall–Kier alpha value is -3.10. The van der Waals surface area contributed by atoms with E-state index in [4.69, 9.17) is 0 Å². The molecule has 0 aliphatic heterocycles. The number of carboxylic acid groups (broad SMARTS) is 1. The molecule has 0 saturated heterocycles. The van der Waals surface area contributed by atoms with Crippen LogP contribution < -0.4 is 0 Å². The van der Waals surface area contributed by atoms with Crippen molar-refractivity contribution in [3.63, 3.8) is 0 Å². The van der Waals surface area contributed by atoms with E-state index in [1.165, 1.54) is 0 Å². The first-order valence-corrected chi connectivity index (χ1v) is 8.89. The third-order valence-electron chi connectivity index (χ3n) is 3.88. The number of rotatable bonds is 5. The van der Waals surface area contributed by atoms with Gasteiger partial charge in [0.05, 0.1) is 11.3 Å². The number of aryl methyl sites for hydroxylation is 1. The third kappa shape index (κ3) is 3.93. The van der Waals surface area contributed by atoms with Gasteiger partial charge in [0, 0.05) is 5.56 Å². The lowest BCUT2D eigenvalue weighted by Crippen LogP contribution is -2.08. The SMILES string of the molecule is Cc1ccc(-c2ccc(C#N)c(SC(C(=O)O)c3ccccc3)n2)cc1. The molecule has 0 fully saturated rings. The number of aliphatic carboxylic acids is 1. The van der Waals surface area contributed by atoms with Gasteiger partial charge in [-0.3, -0.25) is 4.79 Å². The molecule has 1 atom stereocenters. The quantitative estimate of drug-likeness (QED) is 0.659. The van der Waals surface area contributed by atoms with Crippen LogP contribution >= 0.6 is 11.8 Å². The Bertz CT molecular complexity index is 964. The summed E-state index contributed by atoms with van der Waals surface area (Å²) >= 11 is 1.08. The second-order valence-corrected chi connectivity index (χ2v) is 6.87. The van der Waals surface area contributed by atoms with Gasteiger partial charge in [0.1, 0.15) is 16.3 Å². The number of benzene rings is 2. The summed E-state index contributed by atoms with van der Waals surface area (Å²) in [6, 6.07) is 22.5. The molecule has 1 aromatic heterocycles. The van der Waals surface area contributed by atoms with Crippen molar-refractivity contribution in [1.82, 2.24) is 4.98 Å². The van der Waals surface area contributed by atoms with Crippen molar-refractivity contribution < 1.29 is 9.90 Å². The first kappa shape index (κ1) is 17.7. The summed E-state index contributed by atoms with van der Waals surface area (Å²) in [5, 5.41) is 18.6. The number of nitrogens with zero attached hydrogens (tertiary/aromatic N) is 2. The van der Waals surface area contributed by atoms with Gasteiger partial charge in [-0.05, 0) is 24.6 Å². The van der Waals surface area contributed by atoms with Gasteiger partial charge in [0.2, 0.25) is 0 Å². The summed E-state index contributed by atoms with van der Waals surface area (Å²) in [6.07, 6.45) is 0. The fourth-order valence-corrected chi connectivity index (χ4v) is 3.51. The molecule has 26 heavy (non-hydrogen) atoms. The Balaban J connectivity index is 2.00. The van der Waals surface area contributed by atoms with Gasteiger partial charge < -0.3 is 5.11 Å². The minimum absolute atomic E-state index is 0.369. The Kier molecular flexibility index (Phi) is 5.35. The molecule has 0 amide bonds.